The van der Waals surface area contributed by atoms with E-state index in [2.05, 4.69) is 10.2 Å². The highest BCUT2D eigenvalue weighted by Crippen LogP contribution is 2.51. The average molecular weight is 514 g/mol. The van der Waals surface area contributed by atoms with Gasteiger partial charge in [-0.15, -0.1) is 0 Å². The van der Waals surface area contributed by atoms with Gasteiger partial charge in [0.15, 0.2) is 0 Å². The van der Waals surface area contributed by atoms with Crippen LogP contribution in [0.4, 0.5) is 13.2 Å². The first kappa shape index (κ1) is 27.7. The van der Waals surface area contributed by atoms with Gasteiger partial charge < -0.3 is 15.5 Å². The fourth-order valence-corrected chi connectivity index (χ4v) is 5.95. The van der Waals surface area contributed by atoms with Crippen molar-refractivity contribution in [2.24, 2.45) is 11.3 Å². The van der Waals surface area contributed by atoms with E-state index in [1.165, 1.54) is 11.9 Å². The highest BCUT2D eigenvalue weighted by molar-refractivity contribution is 5.94. The minimum absolute atomic E-state index is 0.0590. The van der Waals surface area contributed by atoms with Gasteiger partial charge in [-0.25, -0.2) is 6.57 Å². The van der Waals surface area contributed by atoms with Crippen molar-refractivity contribution < 1.29 is 32.3 Å². The third-order valence-corrected chi connectivity index (χ3v) is 7.71. The van der Waals surface area contributed by atoms with Crippen molar-refractivity contribution in [2.75, 3.05) is 13.6 Å². The summed E-state index contributed by atoms with van der Waals surface area (Å²) in [6.45, 7) is 12.5. The molecule has 9 nitrogen and oxygen atoms in total. The molecule has 36 heavy (non-hydrogen) atoms. The summed E-state index contributed by atoms with van der Waals surface area (Å²) in [5.74, 6) is -3.84. The molecule has 0 aromatic rings. The summed E-state index contributed by atoms with van der Waals surface area (Å²) in [6, 6.07) is -2.58. The van der Waals surface area contributed by atoms with Crippen molar-refractivity contribution in [3.8, 4) is 0 Å². The van der Waals surface area contributed by atoms with Gasteiger partial charge >= 0.3 is 18.2 Å². The molecular formula is C24H34F3N5O4. The van der Waals surface area contributed by atoms with Crippen molar-refractivity contribution in [1.82, 2.24) is 20.4 Å². The van der Waals surface area contributed by atoms with Gasteiger partial charge in [0.2, 0.25) is 11.8 Å². The van der Waals surface area contributed by atoms with Gasteiger partial charge in [-0.05, 0) is 38.5 Å². The predicted molar refractivity (Wildman–Crippen MR) is 123 cm³/mol. The largest absolute Gasteiger partial charge is 0.471 e. The van der Waals surface area contributed by atoms with Crippen LogP contribution in [0.15, 0.2) is 0 Å². The van der Waals surface area contributed by atoms with Gasteiger partial charge in [-0.2, -0.15) is 13.2 Å². The molecule has 3 aliphatic rings. The number of alkyl halides is 3. The lowest BCUT2D eigenvalue weighted by molar-refractivity contribution is -0.175. The first-order chi connectivity index (χ1) is 16.6. The number of nitrogens with zero attached hydrogens (tertiary/aromatic N) is 3. The third-order valence-electron chi connectivity index (χ3n) is 7.71. The van der Waals surface area contributed by atoms with E-state index < -0.39 is 47.6 Å². The molecule has 0 bridgehead atoms. The number of nitrogens with one attached hydrogen (secondary N) is 2. The first-order valence-electron chi connectivity index (χ1n) is 12.3. The second kappa shape index (κ2) is 9.90. The topological polar surface area (TPSA) is 103 Å². The number of carbonyl (C=O) groups excluding carboxylic acids is 4. The van der Waals surface area contributed by atoms with Crippen LogP contribution in [0, 0.1) is 17.9 Å². The van der Waals surface area contributed by atoms with Crippen molar-refractivity contribution in [1.29, 1.82) is 0 Å². The quantitative estimate of drug-likeness (QED) is 0.532. The summed E-state index contributed by atoms with van der Waals surface area (Å²) in [6.07, 6.45) is -1.30. The van der Waals surface area contributed by atoms with Crippen molar-refractivity contribution in [3.63, 3.8) is 0 Å². The Labute approximate surface area is 208 Å². The third kappa shape index (κ3) is 5.30. The minimum Gasteiger partial charge on any atom is -0.350 e. The molecular weight excluding hydrogens is 479 g/mol. The van der Waals surface area contributed by atoms with Gasteiger partial charge in [-0.1, -0.05) is 26.7 Å². The Balaban J connectivity index is 1.81. The van der Waals surface area contributed by atoms with Crippen LogP contribution in [0.1, 0.15) is 65.7 Å². The molecule has 0 radical (unpaired) electrons. The molecule has 0 aromatic carbocycles. The molecule has 2 spiro atoms. The molecule has 0 aromatic heterocycles. The molecule has 2 N–H and O–H groups in total. The van der Waals surface area contributed by atoms with Crippen LogP contribution in [0.2, 0.25) is 0 Å². The molecule has 3 fully saturated rings. The van der Waals surface area contributed by atoms with Crippen LogP contribution >= 0.6 is 0 Å². The Hall–Kier alpha value is -2.84. The van der Waals surface area contributed by atoms with Crippen LogP contribution in [-0.4, -0.2) is 77.0 Å². The molecule has 200 valence electrons. The number of rotatable bonds is 6. The van der Waals surface area contributed by atoms with E-state index >= 15 is 0 Å². The van der Waals surface area contributed by atoms with Gasteiger partial charge in [0.25, 0.3) is 5.91 Å². The van der Waals surface area contributed by atoms with Crippen LogP contribution < -0.4 is 10.6 Å². The van der Waals surface area contributed by atoms with Gasteiger partial charge in [0.1, 0.15) is 12.1 Å². The zero-order chi connectivity index (χ0) is 27.1. The fourth-order valence-electron chi connectivity index (χ4n) is 5.95. The molecule has 2 heterocycles. The molecule has 1 aliphatic carbocycles. The lowest BCUT2D eigenvalue weighted by Gasteiger charge is -2.33. The smallest absolute Gasteiger partial charge is 0.350 e. The molecule has 0 unspecified atom stereocenters. The summed E-state index contributed by atoms with van der Waals surface area (Å²) < 4.78 is 37.9. The highest BCUT2D eigenvalue weighted by Gasteiger charge is 2.62. The van der Waals surface area contributed by atoms with Crippen molar-refractivity contribution in [3.05, 3.63) is 11.4 Å². The minimum atomic E-state index is -5.15. The maximum Gasteiger partial charge on any atom is 0.471 e. The number of halogens is 3. The molecule has 1 saturated carbocycles. The molecule has 2 aliphatic heterocycles. The summed E-state index contributed by atoms with van der Waals surface area (Å²) in [5, 5.41) is 4.77. The van der Waals surface area contributed by atoms with Crippen LogP contribution in [0.5, 0.6) is 0 Å². The van der Waals surface area contributed by atoms with Gasteiger partial charge in [0.05, 0.1) is 11.8 Å². The zero-order valence-corrected chi connectivity index (χ0v) is 21.1. The Kier molecular flexibility index (Phi) is 7.63. The van der Waals surface area contributed by atoms with Gasteiger partial charge in [-0.3, -0.25) is 28.9 Å². The summed E-state index contributed by atoms with van der Waals surface area (Å²) in [5.41, 5.74) is -1.16. The van der Waals surface area contributed by atoms with E-state index in [0.717, 1.165) is 37.5 Å². The number of hydrogen-bond donors (Lipinski definition) is 2. The summed E-state index contributed by atoms with van der Waals surface area (Å²) in [7, 11) is 1.30. The van der Waals surface area contributed by atoms with Crippen molar-refractivity contribution >= 4 is 23.6 Å². The van der Waals surface area contributed by atoms with E-state index in [4.69, 9.17) is 6.57 Å². The van der Waals surface area contributed by atoms with Crippen LogP contribution in [0.25, 0.3) is 4.85 Å². The second-order valence-electron chi connectivity index (χ2n) is 11.0. The number of carbonyl (C=O) groups is 4. The first-order valence-corrected chi connectivity index (χ1v) is 12.3. The molecule has 4 amide bonds. The van der Waals surface area contributed by atoms with Crippen LogP contribution in [-0.2, 0) is 19.2 Å². The molecule has 2 saturated heterocycles. The van der Waals surface area contributed by atoms with E-state index in [1.54, 1.807) is 5.32 Å². The summed E-state index contributed by atoms with van der Waals surface area (Å²) >= 11 is 0. The molecule has 4 atom stereocenters. The van der Waals surface area contributed by atoms with Gasteiger partial charge in [0, 0.05) is 19.1 Å². The van der Waals surface area contributed by atoms with Crippen molar-refractivity contribution in [2.45, 2.75) is 95.7 Å². The van der Waals surface area contributed by atoms with E-state index in [0.29, 0.717) is 6.42 Å². The number of hydrogen-bond acceptors (Lipinski definition) is 4. The Morgan fingerprint density at radius 2 is 1.86 bits per heavy atom. The Morgan fingerprint density at radius 3 is 2.39 bits per heavy atom. The number of amides is 4. The average Bonchev–Trinajstić information content (AvgIpc) is 3.47. The maximum atomic E-state index is 13.7. The Morgan fingerprint density at radius 1 is 1.25 bits per heavy atom. The lowest BCUT2D eigenvalue weighted by Crippen LogP contribution is -2.56. The van der Waals surface area contributed by atoms with Crippen LogP contribution in [0.3, 0.4) is 0 Å². The lowest BCUT2D eigenvalue weighted by atomic mass is 9.78. The van der Waals surface area contributed by atoms with E-state index in [9.17, 15) is 32.3 Å². The Bertz CT molecular complexity index is 956. The standard InChI is InChI=1S/C24H34F3N5O4/c1-14(2)10-16(31(5)18(33)15(3)29-21(36)24(25,26)27)19(34)32-13-22(11-17(32)28-4)12-23(30-20(22)35)8-6-7-9-23/h14-17H,6-13H2,1-3,5H3,(H,29,36)(H,30,35)/t15-,16-,17-,22+/m0/s1. The van der Waals surface area contributed by atoms with E-state index in [1.807, 2.05) is 13.8 Å². The molecule has 3 rings (SSSR count). The highest BCUT2D eigenvalue weighted by atomic mass is 19.4. The monoisotopic (exact) mass is 513 g/mol. The normalized spacial score (nSPS) is 26.7. The predicted octanol–water partition coefficient (Wildman–Crippen LogP) is 2.22. The molecule has 12 heteroatoms. The van der Waals surface area contributed by atoms with E-state index in [-0.39, 0.29) is 36.8 Å². The zero-order valence-electron chi connectivity index (χ0n) is 21.1. The maximum absolute atomic E-state index is 13.7. The number of likely N-dealkylation sites (N-methyl/N-ethyl adjacent to an activating group) is 1. The fraction of sp³-hybridized carbons (Fsp3) is 0.792. The SMILES string of the molecule is [C-]#[N+][C@@H]1C[C@]2(CN1C(=O)[C@H](CC(C)C)N(C)C(=O)[C@H](C)NC(=O)C(F)(F)F)CC1(CCCC1)NC2=O. The second-order valence-corrected chi connectivity index (χ2v) is 11.0. The summed E-state index contributed by atoms with van der Waals surface area (Å²) in [4.78, 5) is 57.1. The number of likely N-dealkylation sites (tertiary alicyclic amines) is 1.